The van der Waals surface area contributed by atoms with Crippen LogP contribution in [0.5, 0.6) is 11.5 Å². The fourth-order valence-electron chi connectivity index (χ4n) is 2.73. The molecule has 0 aliphatic heterocycles. The molecule has 0 radical (unpaired) electrons. The van der Waals surface area contributed by atoms with Gasteiger partial charge in [-0.05, 0) is 23.6 Å². The summed E-state index contributed by atoms with van der Waals surface area (Å²) in [5.41, 5.74) is 1.34. The first-order chi connectivity index (χ1) is 13.3. The Kier molecular flexibility index (Phi) is 7.28. The van der Waals surface area contributed by atoms with Gasteiger partial charge in [-0.1, -0.05) is 37.3 Å². The molecule has 28 heavy (non-hydrogen) atoms. The lowest BCUT2D eigenvalue weighted by molar-refractivity contribution is -0.119. The number of sulfonamides is 1. The van der Waals surface area contributed by atoms with E-state index in [1.54, 1.807) is 12.1 Å². The monoisotopic (exact) mass is 406 g/mol. The second-order valence-electron chi connectivity index (χ2n) is 6.42. The fourth-order valence-corrected chi connectivity index (χ4v) is 3.58. The Morgan fingerprint density at radius 2 is 1.79 bits per heavy atom. The van der Waals surface area contributed by atoms with Gasteiger partial charge in [-0.25, -0.2) is 8.42 Å². The molecule has 0 saturated carbocycles. The first-order valence-electron chi connectivity index (χ1n) is 8.77. The van der Waals surface area contributed by atoms with Crippen molar-refractivity contribution >= 4 is 21.6 Å². The summed E-state index contributed by atoms with van der Waals surface area (Å²) in [4.78, 5) is 12.5. The van der Waals surface area contributed by atoms with Gasteiger partial charge in [0, 0.05) is 12.6 Å². The quantitative estimate of drug-likeness (QED) is 0.691. The van der Waals surface area contributed by atoms with Gasteiger partial charge < -0.3 is 14.8 Å². The van der Waals surface area contributed by atoms with Gasteiger partial charge in [0.25, 0.3) is 0 Å². The number of nitrogens with one attached hydrogen (secondary N) is 1. The third kappa shape index (κ3) is 5.63. The van der Waals surface area contributed by atoms with Crippen LogP contribution in [0.3, 0.4) is 0 Å². The average molecular weight is 407 g/mol. The lowest BCUT2D eigenvalue weighted by Crippen LogP contribution is -2.41. The summed E-state index contributed by atoms with van der Waals surface area (Å²) in [6.45, 7) is 2.04. The van der Waals surface area contributed by atoms with Crippen molar-refractivity contribution in [2.24, 2.45) is 0 Å². The normalized spacial score (nSPS) is 12.1. The molecule has 0 heterocycles. The Morgan fingerprint density at radius 3 is 2.36 bits per heavy atom. The Morgan fingerprint density at radius 1 is 1.11 bits per heavy atom. The molecular formula is C20H26N2O5S. The van der Waals surface area contributed by atoms with Gasteiger partial charge in [-0.15, -0.1) is 0 Å². The van der Waals surface area contributed by atoms with E-state index in [2.05, 4.69) is 5.32 Å². The van der Waals surface area contributed by atoms with E-state index in [4.69, 9.17) is 9.47 Å². The number of methoxy groups -OCH3 is 2. The van der Waals surface area contributed by atoms with Crippen molar-refractivity contribution in [3.8, 4) is 11.5 Å². The van der Waals surface area contributed by atoms with Gasteiger partial charge in [0.1, 0.15) is 18.0 Å². The van der Waals surface area contributed by atoms with E-state index in [1.165, 1.54) is 20.3 Å². The molecule has 0 aromatic heterocycles. The van der Waals surface area contributed by atoms with Crippen molar-refractivity contribution in [3.05, 3.63) is 54.1 Å². The zero-order valence-electron chi connectivity index (χ0n) is 16.5. The summed E-state index contributed by atoms with van der Waals surface area (Å²) in [5.74, 6) is 0.487. The maximum absolute atomic E-state index is 12.5. The average Bonchev–Trinajstić information content (AvgIpc) is 2.69. The number of hydrogen-bond donors (Lipinski definition) is 1. The highest BCUT2D eigenvalue weighted by Crippen LogP contribution is 2.33. The minimum atomic E-state index is -3.72. The zero-order chi connectivity index (χ0) is 20.7. The summed E-state index contributed by atoms with van der Waals surface area (Å²) in [5, 5.41) is 2.80. The van der Waals surface area contributed by atoms with Crippen molar-refractivity contribution in [1.29, 1.82) is 0 Å². The number of benzene rings is 2. The highest BCUT2D eigenvalue weighted by atomic mass is 32.2. The van der Waals surface area contributed by atoms with Gasteiger partial charge in [-0.3, -0.25) is 9.10 Å². The first kappa shape index (κ1) is 21.6. The van der Waals surface area contributed by atoms with Crippen molar-refractivity contribution in [1.82, 2.24) is 5.32 Å². The molecule has 1 unspecified atom stereocenters. The van der Waals surface area contributed by atoms with Crippen LogP contribution in [0, 0.1) is 0 Å². The standard InChI is InChI=1S/C20H26N2O5S/c1-15(16-8-6-5-7-9-16)13-21-20(23)14-22(28(4,24)25)18-12-17(26-2)10-11-19(18)27-3/h5-12,15H,13-14H2,1-4H3,(H,21,23). The van der Waals surface area contributed by atoms with Crippen LogP contribution in [0.15, 0.2) is 48.5 Å². The lowest BCUT2D eigenvalue weighted by atomic mass is 10.0. The van der Waals surface area contributed by atoms with E-state index < -0.39 is 15.9 Å². The second kappa shape index (κ2) is 9.45. The van der Waals surface area contributed by atoms with Crippen molar-refractivity contribution in [2.75, 3.05) is 37.9 Å². The molecule has 0 saturated heterocycles. The number of anilines is 1. The number of carbonyl (C=O) groups is 1. The number of rotatable bonds is 9. The molecule has 0 bridgehead atoms. The minimum Gasteiger partial charge on any atom is -0.497 e. The number of hydrogen-bond acceptors (Lipinski definition) is 5. The molecule has 0 spiro atoms. The minimum absolute atomic E-state index is 0.100. The van der Waals surface area contributed by atoms with Crippen molar-refractivity contribution < 1.29 is 22.7 Å². The largest absolute Gasteiger partial charge is 0.497 e. The maximum atomic E-state index is 12.5. The van der Waals surface area contributed by atoms with Crippen molar-refractivity contribution in [3.63, 3.8) is 0 Å². The van der Waals surface area contributed by atoms with Gasteiger partial charge >= 0.3 is 0 Å². The molecular weight excluding hydrogens is 380 g/mol. The molecule has 1 N–H and O–H groups in total. The SMILES string of the molecule is COc1ccc(OC)c(N(CC(=O)NCC(C)c2ccccc2)S(C)(=O)=O)c1. The summed E-state index contributed by atoms with van der Waals surface area (Å²) >= 11 is 0. The van der Waals surface area contributed by atoms with Crippen LogP contribution in [0.2, 0.25) is 0 Å². The Labute approximate surface area is 166 Å². The zero-order valence-corrected chi connectivity index (χ0v) is 17.3. The van der Waals surface area contributed by atoms with Crippen LogP contribution in [0.4, 0.5) is 5.69 Å². The van der Waals surface area contributed by atoms with Gasteiger partial charge in [0.2, 0.25) is 15.9 Å². The smallest absolute Gasteiger partial charge is 0.240 e. The summed E-state index contributed by atoms with van der Waals surface area (Å²) in [6.07, 6.45) is 1.05. The molecule has 2 aromatic rings. The Bertz CT molecular complexity index is 900. The van der Waals surface area contributed by atoms with Gasteiger partial charge in [-0.2, -0.15) is 0 Å². The molecule has 0 aliphatic rings. The summed E-state index contributed by atoms with van der Waals surface area (Å²) in [7, 11) is -0.806. The number of carbonyl (C=O) groups excluding carboxylic acids is 1. The Balaban J connectivity index is 2.16. The molecule has 1 amide bonds. The van der Waals surface area contributed by atoms with Crippen LogP contribution in [0.1, 0.15) is 18.4 Å². The maximum Gasteiger partial charge on any atom is 0.240 e. The molecule has 152 valence electrons. The molecule has 0 fully saturated rings. The Hall–Kier alpha value is -2.74. The second-order valence-corrected chi connectivity index (χ2v) is 8.33. The molecule has 7 nitrogen and oxygen atoms in total. The highest BCUT2D eigenvalue weighted by Gasteiger charge is 2.24. The molecule has 1 atom stereocenters. The highest BCUT2D eigenvalue weighted by molar-refractivity contribution is 7.92. The van der Waals surface area contributed by atoms with Crippen LogP contribution in [0.25, 0.3) is 0 Å². The predicted octanol–water partition coefficient (Wildman–Crippen LogP) is 2.39. The lowest BCUT2D eigenvalue weighted by Gasteiger charge is -2.24. The van der Waals surface area contributed by atoms with E-state index in [-0.39, 0.29) is 18.2 Å². The van der Waals surface area contributed by atoms with Crippen LogP contribution in [-0.4, -0.2) is 47.9 Å². The van der Waals surface area contributed by atoms with Crippen molar-refractivity contribution in [2.45, 2.75) is 12.8 Å². The van der Waals surface area contributed by atoms with Crippen LogP contribution >= 0.6 is 0 Å². The number of ether oxygens (including phenoxy) is 2. The first-order valence-corrected chi connectivity index (χ1v) is 10.6. The third-order valence-electron chi connectivity index (χ3n) is 4.32. The van der Waals surface area contributed by atoms with E-state index in [0.29, 0.717) is 18.0 Å². The molecule has 2 aromatic carbocycles. The number of nitrogens with zero attached hydrogens (tertiary/aromatic N) is 1. The molecule has 8 heteroatoms. The number of amides is 1. The van der Waals surface area contributed by atoms with Gasteiger partial charge in [0.15, 0.2) is 0 Å². The summed E-state index contributed by atoms with van der Waals surface area (Å²) in [6, 6.07) is 14.6. The topological polar surface area (TPSA) is 84.9 Å². The van der Waals surface area contributed by atoms with E-state index in [0.717, 1.165) is 16.1 Å². The van der Waals surface area contributed by atoms with Crippen LogP contribution < -0.4 is 19.1 Å². The van der Waals surface area contributed by atoms with Gasteiger partial charge in [0.05, 0.1) is 26.2 Å². The van der Waals surface area contributed by atoms with E-state index >= 15 is 0 Å². The molecule has 0 aliphatic carbocycles. The fraction of sp³-hybridized carbons (Fsp3) is 0.350. The third-order valence-corrected chi connectivity index (χ3v) is 5.44. The predicted molar refractivity (Wildman–Crippen MR) is 110 cm³/mol. The van der Waals surface area contributed by atoms with Crippen LogP contribution in [-0.2, 0) is 14.8 Å². The van der Waals surface area contributed by atoms with E-state index in [1.807, 2.05) is 37.3 Å². The molecule has 2 rings (SSSR count). The van der Waals surface area contributed by atoms with E-state index in [9.17, 15) is 13.2 Å². The summed E-state index contributed by atoms with van der Waals surface area (Å²) < 4.78 is 36.1.